The Morgan fingerprint density at radius 2 is 2.21 bits per heavy atom. The normalized spacial score (nSPS) is 24.2. The van der Waals surface area contributed by atoms with E-state index in [-0.39, 0.29) is 5.82 Å². The highest BCUT2D eigenvalue weighted by Gasteiger charge is 2.49. The monoisotopic (exact) mass is 405 g/mol. The zero-order chi connectivity index (χ0) is 21.3. The number of nitrogens with one attached hydrogen (secondary N) is 1. The molecule has 1 aliphatic rings. The first-order valence-corrected chi connectivity index (χ1v) is 9.38. The zero-order valence-electron chi connectivity index (χ0n) is 17.2. The second kappa shape index (κ2) is 8.29. The molecule has 1 aliphatic heterocycles. The van der Waals surface area contributed by atoms with Crippen molar-refractivity contribution in [3.63, 3.8) is 0 Å². The van der Waals surface area contributed by atoms with E-state index in [1.165, 1.54) is 20.5 Å². The highest BCUT2D eigenvalue weighted by molar-refractivity contribution is 5.85. The van der Waals surface area contributed by atoms with E-state index in [9.17, 15) is 9.59 Å². The van der Waals surface area contributed by atoms with Gasteiger partial charge in [-0.3, -0.25) is 9.36 Å². The van der Waals surface area contributed by atoms with Gasteiger partial charge in [-0.15, -0.1) is 0 Å². The first-order chi connectivity index (χ1) is 13.8. The summed E-state index contributed by atoms with van der Waals surface area (Å²) in [5.41, 5.74) is 6.96. The quantitative estimate of drug-likeness (QED) is 0.608. The minimum Gasteiger partial charge on any atom is -0.382 e. The molecule has 3 N–H and O–H groups in total. The first kappa shape index (κ1) is 20.9. The van der Waals surface area contributed by atoms with E-state index >= 15 is 0 Å². The standard InChI is InChI=1S/C18H27N7O4/c1-9(2)6-24(4)18-22-14(19)11-15(23-18)25(8-21-11)17-13(28-5)10(7-26)12(29-17)16(27)20-3/h7-10,12-13,17H,6H2,1-5H3,(H,20,27)(H2,19,22,23)/t10?,12-,13?,17?/m0/s1. The van der Waals surface area contributed by atoms with Gasteiger partial charge in [0.15, 0.2) is 23.8 Å². The molecule has 11 nitrogen and oxygen atoms in total. The number of hydrogen-bond donors (Lipinski definition) is 2. The molecule has 1 amide bonds. The molecule has 4 atom stereocenters. The number of methoxy groups -OCH3 is 1. The predicted octanol–water partition coefficient (Wildman–Crippen LogP) is -0.0258. The lowest BCUT2D eigenvalue weighted by Crippen LogP contribution is -2.38. The van der Waals surface area contributed by atoms with Crippen molar-refractivity contribution in [3.05, 3.63) is 6.33 Å². The lowest BCUT2D eigenvalue weighted by Gasteiger charge is -2.22. The highest BCUT2D eigenvalue weighted by atomic mass is 16.6. The number of hydrogen-bond acceptors (Lipinski definition) is 9. The van der Waals surface area contributed by atoms with Gasteiger partial charge in [-0.2, -0.15) is 9.97 Å². The molecule has 0 bridgehead atoms. The molecule has 0 aliphatic carbocycles. The van der Waals surface area contributed by atoms with Crippen molar-refractivity contribution in [3.8, 4) is 0 Å². The lowest BCUT2D eigenvalue weighted by atomic mass is 9.99. The zero-order valence-corrected chi connectivity index (χ0v) is 17.2. The summed E-state index contributed by atoms with van der Waals surface area (Å²) in [7, 11) is 4.84. The fraction of sp³-hybridized carbons (Fsp3) is 0.611. The molecule has 158 valence electrons. The fourth-order valence-electron chi connectivity index (χ4n) is 3.62. The number of amides is 1. The SMILES string of the molecule is CNC(=O)[C@H]1OC(n2cnc3c(N)nc(N(C)CC(C)C)nc32)C(OC)C1C=O. The van der Waals surface area contributed by atoms with Gasteiger partial charge in [-0.05, 0) is 5.92 Å². The Bertz CT molecular complexity index is 900. The van der Waals surface area contributed by atoms with Crippen LogP contribution >= 0.6 is 0 Å². The van der Waals surface area contributed by atoms with Crippen molar-refractivity contribution in [1.82, 2.24) is 24.8 Å². The maximum Gasteiger partial charge on any atom is 0.249 e. The van der Waals surface area contributed by atoms with Crippen LogP contribution < -0.4 is 16.0 Å². The number of nitrogen functional groups attached to an aromatic ring is 1. The number of anilines is 2. The summed E-state index contributed by atoms with van der Waals surface area (Å²) in [6.45, 7) is 4.93. The molecule has 0 aromatic carbocycles. The maximum absolute atomic E-state index is 12.2. The number of ether oxygens (including phenoxy) is 2. The highest BCUT2D eigenvalue weighted by Crippen LogP contribution is 2.37. The van der Waals surface area contributed by atoms with Gasteiger partial charge in [0, 0.05) is 27.7 Å². The molecule has 11 heteroatoms. The van der Waals surface area contributed by atoms with Gasteiger partial charge in [0.25, 0.3) is 0 Å². The third kappa shape index (κ3) is 3.75. The van der Waals surface area contributed by atoms with E-state index in [0.29, 0.717) is 29.3 Å². The van der Waals surface area contributed by atoms with Crippen LogP contribution in [0.25, 0.3) is 11.2 Å². The van der Waals surface area contributed by atoms with Gasteiger partial charge in [0.2, 0.25) is 11.9 Å². The molecule has 3 unspecified atom stereocenters. The van der Waals surface area contributed by atoms with Crippen LogP contribution in [-0.2, 0) is 19.1 Å². The van der Waals surface area contributed by atoms with Crippen LogP contribution in [0.2, 0.25) is 0 Å². The number of carbonyl (C=O) groups excluding carboxylic acids is 2. The van der Waals surface area contributed by atoms with Crippen molar-refractivity contribution >= 4 is 35.1 Å². The fourth-order valence-corrected chi connectivity index (χ4v) is 3.62. The molecule has 0 radical (unpaired) electrons. The second-order valence-corrected chi connectivity index (χ2v) is 7.48. The van der Waals surface area contributed by atoms with Crippen LogP contribution in [0.1, 0.15) is 20.1 Å². The summed E-state index contributed by atoms with van der Waals surface area (Å²) in [6, 6.07) is 0. The lowest BCUT2D eigenvalue weighted by molar-refractivity contribution is -0.137. The molecule has 3 rings (SSSR count). The summed E-state index contributed by atoms with van der Waals surface area (Å²) in [5.74, 6) is -0.0799. The number of carbonyl (C=O) groups is 2. The smallest absolute Gasteiger partial charge is 0.249 e. The molecule has 1 fully saturated rings. The topological polar surface area (TPSA) is 137 Å². The van der Waals surface area contributed by atoms with E-state index in [1.54, 1.807) is 4.57 Å². The average molecular weight is 405 g/mol. The number of aromatic nitrogens is 4. The number of fused-ring (bicyclic) bond motifs is 1. The Hall–Kier alpha value is -2.79. The molecule has 0 spiro atoms. The van der Waals surface area contributed by atoms with Gasteiger partial charge < -0.3 is 30.2 Å². The van der Waals surface area contributed by atoms with Crippen molar-refractivity contribution in [2.24, 2.45) is 11.8 Å². The summed E-state index contributed by atoms with van der Waals surface area (Å²) in [6.07, 6.45) is -0.266. The molecular formula is C18H27N7O4. The third-order valence-electron chi connectivity index (χ3n) is 4.92. The van der Waals surface area contributed by atoms with Gasteiger partial charge in [-0.25, -0.2) is 4.98 Å². The van der Waals surface area contributed by atoms with E-state index in [4.69, 9.17) is 15.2 Å². The molecule has 1 saturated heterocycles. The minimum atomic E-state index is -0.979. The van der Waals surface area contributed by atoms with E-state index in [0.717, 1.165) is 6.54 Å². The number of rotatable bonds is 7. The number of likely N-dealkylation sites (N-methyl/N-ethyl adjacent to an activating group) is 1. The van der Waals surface area contributed by atoms with Crippen LogP contribution in [-0.4, -0.2) is 71.7 Å². The number of imidazole rings is 1. The van der Waals surface area contributed by atoms with Crippen LogP contribution in [0.5, 0.6) is 0 Å². The van der Waals surface area contributed by atoms with Crippen molar-refractivity contribution < 1.29 is 19.1 Å². The summed E-state index contributed by atoms with van der Waals surface area (Å²) < 4.78 is 13.1. The third-order valence-corrected chi connectivity index (χ3v) is 4.92. The molecule has 0 saturated carbocycles. The van der Waals surface area contributed by atoms with Gasteiger partial charge in [0.05, 0.1) is 12.2 Å². The Morgan fingerprint density at radius 3 is 2.79 bits per heavy atom. The van der Waals surface area contributed by atoms with Crippen molar-refractivity contribution in [1.29, 1.82) is 0 Å². The Kier molecular flexibility index (Phi) is 5.99. The van der Waals surface area contributed by atoms with Crippen LogP contribution in [0.3, 0.4) is 0 Å². The van der Waals surface area contributed by atoms with Gasteiger partial charge >= 0.3 is 0 Å². The maximum atomic E-state index is 12.2. The Labute approximate surface area is 168 Å². The molecular weight excluding hydrogens is 378 g/mol. The summed E-state index contributed by atoms with van der Waals surface area (Å²) in [5, 5.41) is 2.51. The Morgan fingerprint density at radius 1 is 1.48 bits per heavy atom. The van der Waals surface area contributed by atoms with E-state index in [2.05, 4.69) is 34.1 Å². The Balaban J connectivity index is 2.05. The second-order valence-electron chi connectivity index (χ2n) is 7.48. The molecule has 29 heavy (non-hydrogen) atoms. The number of nitrogens with zero attached hydrogens (tertiary/aromatic N) is 5. The molecule has 2 aromatic heterocycles. The van der Waals surface area contributed by atoms with E-state index < -0.39 is 30.3 Å². The predicted molar refractivity (Wildman–Crippen MR) is 106 cm³/mol. The first-order valence-electron chi connectivity index (χ1n) is 9.38. The average Bonchev–Trinajstić information content (AvgIpc) is 3.27. The van der Waals surface area contributed by atoms with E-state index in [1.807, 2.05) is 11.9 Å². The molecule has 2 aromatic rings. The van der Waals surface area contributed by atoms with Crippen LogP contribution in [0.15, 0.2) is 6.33 Å². The van der Waals surface area contributed by atoms with Gasteiger partial charge in [0.1, 0.15) is 17.9 Å². The largest absolute Gasteiger partial charge is 0.382 e. The molecule has 3 heterocycles. The van der Waals surface area contributed by atoms with Crippen LogP contribution in [0.4, 0.5) is 11.8 Å². The minimum absolute atomic E-state index is 0.237. The van der Waals surface area contributed by atoms with Gasteiger partial charge in [-0.1, -0.05) is 13.8 Å². The summed E-state index contributed by atoms with van der Waals surface area (Å²) >= 11 is 0. The number of nitrogens with two attached hydrogens (primary N) is 1. The summed E-state index contributed by atoms with van der Waals surface area (Å²) in [4.78, 5) is 39.0. The number of aldehydes is 1. The van der Waals surface area contributed by atoms with Crippen molar-refractivity contribution in [2.45, 2.75) is 32.3 Å². The van der Waals surface area contributed by atoms with Crippen molar-refractivity contribution in [2.75, 3.05) is 38.4 Å². The van der Waals surface area contributed by atoms with Crippen LogP contribution in [0, 0.1) is 11.8 Å².